The summed E-state index contributed by atoms with van der Waals surface area (Å²) in [6, 6.07) is 8.47. The second-order valence-corrected chi connectivity index (χ2v) is 5.36. The highest BCUT2D eigenvalue weighted by atomic mass is 15.0. The van der Waals surface area contributed by atoms with Crippen LogP contribution in [-0.2, 0) is 13.6 Å². The molecular weight excluding hydrogens is 248 g/mol. The number of hydrogen-bond donors (Lipinski definition) is 2. The second-order valence-electron chi connectivity index (χ2n) is 5.36. The van der Waals surface area contributed by atoms with Gasteiger partial charge in [0, 0.05) is 30.7 Å². The fraction of sp³-hybridized carbons (Fsp3) is 0.312. The van der Waals surface area contributed by atoms with Gasteiger partial charge in [0.2, 0.25) is 0 Å². The number of rotatable bonds is 3. The minimum Gasteiger partial charge on any atom is -0.381 e. The molecule has 0 radical (unpaired) electrons. The summed E-state index contributed by atoms with van der Waals surface area (Å²) in [4.78, 5) is 7.68. The lowest BCUT2D eigenvalue weighted by Crippen LogP contribution is -2.01. The molecule has 0 unspecified atom stereocenters. The lowest BCUT2D eigenvalue weighted by atomic mass is 10.2. The van der Waals surface area contributed by atoms with Crippen molar-refractivity contribution < 1.29 is 0 Å². The van der Waals surface area contributed by atoms with Gasteiger partial charge in [-0.3, -0.25) is 0 Å². The summed E-state index contributed by atoms with van der Waals surface area (Å²) < 4.78 is 2.22. The van der Waals surface area contributed by atoms with Crippen molar-refractivity contribution in [3.63, 3.8) is 0 Å². The molecule has 2 heterocycles. The molecule has 0 aliphatic heterocycles. The van der Waals surface area contributed by atoms with Crippen molar-refractivity contribution in [2.45, 2.75) is 27.3 Å². The number of imidazole rings is 1. The Bertz CT molecular complexity index is 764. The van der Waals surface area contributed by atoms with Crippen molar-refractivity contribution in [2.24, 2.45) is 7.05 Å². The van der Waals surface area contributed by atoms with Crippen LogP contribution in [0.25, 0.3) is 11.0 Å². The molecule has 0 amide bonds. The van der Waals surface area contributed by atoms with E-state index in [2.05, 4.69) is 58.9 Å². The summed E-state index contributed by atoms with van der Waals surface area (Å²) in [5.74, 6) is 0.951. The lowest BCUT2D eigenvalue weighted by molar-refractivity contribution is 0.837. The lowest BCUT2D eigenvalue weighted by Gasteiger charge is -2.07. The highest BCUT2D eigenvalue weighted by molar-refractivity contribution is 5.79. The Balaban J connectivity index is 1.80. The van der Waals surface area contributed by atoms with Gasteiger partial charge >= 0.3 is 0 Å². The first-order valence-corrected chi connectivity index (χ1v) is 6.86. The molecule has 104 valence electrons. The monoisotopic (exact) mass is 268 g/mol. The quantitative estimate of drug-likeness (QED) is 0.764. The molecule has 0 atom stereocenters. The molecule has 0 bridgehead atoms. The van der Waals surface area contributed by atoms with E-state index in [-0.39, 0.29) is 0 Å². The zero-order valence-corrected chi connectivity index (χ0v) is 12.4. The van der Waals surface area contributed by atoms with Crippen LogP contribution in [0.15, 0.2) is 24.3 Å². The third kappa shape index (κ3) is 2.18. The first-order chi connectivity index (χ1) is 9.54. The van der Waals surface area contributed by atoms with Gasteiger partial charge in [-0.1, -0.05) is 0 Å². The van der Waals surface area contributed by atoms with Gasteiger partial charge < -0.3 is 14.9 Å². The van der Waals surface area contributed by atoms with Gasteiger partial charge in [0.05, 0.1) is 11.0 Å². The van der Waals surface area contributed by atoms with Crippen molar-refractivity contribution in [3.05, 3.63) is 47.0 Å². The Morgan fingerprint density at radius 2 is 2.00 bits per heavy atom. The normalized spacial score (nSPS) is 11.2. The summed E-state index contributed by atoms with van der Waals surface area (Å²) in [6.07, 6.45) is 0. The third-order valence-electron chi connectivity index (χ3n) is 3.96. The predicted octanol–water partition coefficient (Wildman–Crippen LogP) is 3.44. The summed E-state index contributed by atoms with van der Waals surface area (Å²) >= 11 is 0. The zero-order chi connectivity index (χ0) is 14.3. The number of aromatic nitrogens is 3. The van der Waals surface area contributed by atoms with E-state index >= 15 is 0 Å². The number of nitrogens with zero attached hydrogens (tertiary/aromatic N) is 2. The average Bonchev–Trinajstić information content (AvgIpc) is 2.90. The van der Waals surface area contributed by atoms with Crippen LogP contribution in [-0.4, -0.2) is 14.5 Å². The van der Waals surface area contributed by atoms with Crippen LogP contribution in [0, 0.1) is 20.8 Å². The smallest absolute Gasteiger partial charge is 0.104 e. The minimum absolute atomic E-state index is 0.839. The van der Waals surface area contributed by atoms with E-state index in [0.717, 1.165) is 29.1 Å². The fourth-order valence-electron chi connectivity index (χ4n) is 2.56. The SMILES string of the molecule is Cc1nc2ccc(NCc3cc(C)n(C)c3C)cc2[nH]1. The average molecular weight is 268 g/mol. The maximum absolute atomic E-state index is 4.41. The Hall–Kier alpha value is -2.23. The molecule has 0 aliphatic carbocycles. The van der Waals surface area contributed by atoms with Gasteiger partial charge in [0.25, 0.3) is 0 Å². The van der Waals surface area contributed by atoms with Crippen molar-refractivity contribution in [3.8, 4) is 0 Å². The number of hydrogen-bond acceptors (Lipinski definition) is 2. The van der Waals surface area contributed by atoms with Gasteiger partial charge in [-0.15, -0.1) is 0 Å². The second kappa shape index (κ2) is 4.71. The van der Waals surface area contributed by atoms with Crippen LogP contribution in [0.5, 0.6) is 0 Å². The molecule has 3 aromatic rings. The van der Waals surface area contributed by atoms with Gasteiger partial charge in [-0.2, -0.15) is 0 Å². The summed E-state index contributed by atoms with van der Waals surface area (Å²) in [6.45, 7) is 7.11. The molecule has 2 aromatic heterocycles. The summed E-state index contributed by atoms with van der Waals surface area (Å²) in [7, 11) is 2.10. The molecule has 1 aromatic carbocycles. The maximum Gasteiger partial charge on any atom is 0.104 e. The first kappa shape index (κ1) is 12.8. The van der Waals surface area contributed by atoms with Crippen molar-refractivity contribution >= 4 is 16.7 Å². The topological polar surface area (TPSA) is 45.6 Å². The standard InChI is InChI=1S/C16H20N4/c1-10-7-13(11(2)20(10)4)9-17-14-5-6-15-16(8-14)19-12(3)18-15/h5-8,17H,9H2,1-4H3,(H,18,19). The van der Waals surface area contributed by atoms with Crippen LogP contribution < -0.4 is 5.32 Å². The first-order valence-electron chi connectivity index (χ1n) is 6.86. The number of anilines is 1. The third-order valence-corrected chi connectivity index (χ3v) is 3.96. The van der Waals surface area contributed by atoms with Gasteiger partial charge in [-0.25, -0.2) is 4.98 Å². The molecule has 4 heteroatoms. The molecule has 3 rings (SSSR count). The highest BCUT2D eigenvalue weighted by Crippen LogP contribution is 2.19. The fourth-order valence-corrected chi connectivity index (χ4v) is 2.56. The molecule has 0 aliphatic rings. The highest BCUT2D eigenvalue weighted by Gasteiger charge is 2.06. The van der Waals surface area contributed by atoms with E-state index in [9.17, 15) is 0 Å². The Morgan fingerprint density at radius 1 is 1.20 bits per heavy atom. The molecule has 20 heavy (non-hydrogen) atoms. The number of H-pyrrole nitrogens is 1. The minimum atomic E-state index is 0.839. The van der Waals surface area contributed by atoms with Crippen molar-refractivity contribution in [1.29, 1.82) is 0 Å². The van der Waals surface area contributed by atoms with Crippen LogP contribution in [0.1, 0.15) is 22.8 Å². The number of aromatic amines is 1. The zero-order valence-electron chi connectivity index (χ0n) is 12.4. The van der Waals surface area contributed by atoms with E-state index in [0.29, 0.717) is 0 Å². The van der Waals surface area contributed by atoms with Gasteiger partial charge in [0.15, 0.2) is 0 Å². The van der Waals surface area contributed by atoms with E-state index in [1.165, 1.54) is 17.0 Å². The summed E-state index contributed by atoms with van der Waals surface area (Å²) in [5.41, 5.74) is 7.15. The van der Waals surface area contributed by atoms with Crippen LogP contribution in [0.3, 0.4) is 0 Å². The van der Waals surface area contributed by atoms with E-state index in [1.807, 2.05) is 13.0 Å². The van der Waals surface area contributed by atoms with E-state index < -0.39 is 0 Å². The Morgan fingerprint density at radius 3 is 2.70 bits per heavy atom. The molecule has 4 nitrogen and oxygen atoms in total. The largest absolute Gasteiger partial charge is 0.381 e. The Kier molecular flexibility index (Phi) is 3.01. The number of nitrogens with one attached hydrogen (secondary N) is 2. The number of fused-ring (bicyclic) bond motifs is 1. The van der Waals surface area contributed by atoms with Crippen LogP contribution >= 0.6 is 0 Å². The molecular formula is C16H20N4. The van der Waals surface area contributed by atoms with Crippen molar-refractivity contribution in [2.75, 3.05) is 5.32 Å². The molecule has 0 spiro atoms. The van der Waals surface area contributed by atoms with E-state index in [1.54, 1.807) is 0 Å². The molecule has 0 fully saturated rings. The van der Waals surface area contributed by atoms with E-state index in [4.69, 9.17) is 0 Å². The molecule has 0 saturated carbocycles. The van der Waals surface area contributed by atoms with Gasteiger partial charge in [0.1, 0.15) is 5.82 Å². The predicted molar refractivity (Wildman–Crippen MR) is 83.0 cm³/mol. The van der Waals surface area contributed by atoms with Gasteiger partial charge in [-0.05, 0) is 50.6 Å². The summed E-state index contributed by atoms with van der Waals surface area (Å²) in [5, 5.41) is 3.48. The Labute approximate surface area is 118 Å². The molecule has 2 N–H and O–H groups in total. The maximum atomic E-state index is 4.41. The van der Waals surface area contributed by atoms with Crippen molar-refractivity contribution in [1.82, 2.24) is 14.5 Å². The molecule has 0 saturated heterocycles. The van der Waals surface area contributed by atoms with Crippen LogP contribution in [0.2, 0.25) is 0 Å². The van der Waals surface area contributed by atoms with Crippen LogP contribution in [0.4, 0.5) is 5.69 Å². The number of benzene rings is 1. The number of aryl methyl sites for hydroxylation is 2.